The average molecular weight is 340 g/mol. The largest absolute Gasteiger partial charge is 0.380 e. The van der Waals surface area contributed by atoms with Gasteiger partial charge in [0.2, 0.25) is 0 Å². The molecule has 96 valence electrons. The molecule has 1 N–H and O–H groups in total. The van der Waals surface area contributed by atoms with E-state index in [1.807, 2.05) is 0 Å². The van der Waals surface area contributed by atoms with Crippen LogP contribution in [-0.4, -0.2) is 0 Å². The van der Waals surface area contributed by atoms with Crippen molar-refractivity contribution in [2.45, 2.75) is 6.54 Å². The highest BCUT2D eigenvalue weighted by atomic mass is 79.9. The Morgan fingerprint density at radius 1 is 1.26 bits per heavy atom. The molecule has 19 heavy (non-hydrogen) atoms. The molecular formula is C14H9BrClFN2. The smallest absolute Gasteiger partial charge is 0.128 e. The average Bonchev–Trinajstić information content (AvgIpc) is 2.40. The van der Waals surface area contributed by atoms with Crippen LogP contribution in [0.5, 0.6) is 0 Å². The van der Waals surface area contributed by atoms with Gasteiger partial charge in [0, 0.05) is 27.3 Å². The molecule has 0 bridgehead atoms. The van der Waals surface area contributed by atoms with Gasteiger partial charge >= 0.3 is 0 Å². The molecule has 0 aliphatic carbocycles. The maximum Gasteiger partial charge on any atom is 0.128 e. The van der Waals surface area contributed by atoms with Crippen molar-refractivity contribution in [3.63, 3.8) is 0 Å². The van der Waals surface area contributed by atoms with Crippen LogP contribution in [0.1, 0.15) is 11.1 Å². The second kappa shape index (κ2) is 6.05. The Morgan fingerprint density at radius 2 is 2.05 bits per heavy atom. The quantitative estimate of drug-likeness (QED) is 0.878. The zero-order valence-corrected chi connectivity index (χ0v) is 12.1. The van der Waals surface area contributed by atoms with E-state index in [1.165, 1.54) is 12.1 Å². The lowest BCUT2D eigenvalue weighted by molar-refractivity contribution is 0.613. The van der Waals surface area contributed by atoms with Crippen LogP contribution in [0.3, 0.4) is 0 Å². The summed E-state index contributed by atoms with van der Waals surface area (Å²) in [6.45, 7) is 0.316. The van der Waals surface area contributed by atoms with E-state index in [0.29, 0.717) is 22.7 Å². The minimum atomic E-state index is -0.304. The lowest BCUT2D eigenvalue weighted by Crippen LogP contribution is -2.02. The van der Waals surface area contributed by atoms with Crippen LogP contribution in [0.25, 0.3) is 0 Å². The van der Waals surface area contributed by atoms with E-state index in [-0.39, 0.29) is 5.82 Å². The number of hydrogen-bond donors (Lipinski definition) is 1. The molecule has 0 amide bonds. The van der Waals surface area contributed by atoms with Crippen LogP contribution in [-0.2, 0) is 6.54 Å². The van der Waals surface area contributed by atoms with Crippen molar-refractivity contribution in [3.8, 4) is 6.07 Å². The maximum atomic E-state index is 13.5. The molecule has 2 rings (SSSR count). The van der Waals surface area contributed by atoms with E-state index in [2.05, 4.69) is 27.3 Å². The summed E-state index contributed by atoms with van der Waals surface area (Å²) in [6, 6.07) is 11.7. The molecule has 0 aliphatic rings. The van der Waals surface area contributed by atoms with Gasteiger partial charge in [-0.25, -0.2) is 4.39 Å². The second-order valence-electron chi connectivity index (χ2n) is 3.90. The zero-order valence-electron chi connectivity index (χ0n) is 9.75. The van der Waals surface area contributed by atoms with Crippen molar-refractivity contribution >= 4 is 33.2 Å². The highest BCUT2D eigenvalue weighted by molar-refractivity contribution is 9.10. The molecule has 5 heteroatoms. The maximum absolute atomic E-state index is 13.5. The number of nitrogens with one attached hydrogen (secondary N) is 1. The molecule has 0 unspecified atom stereocenters. The Morgan fingerprint density at radius 3 is 2.74 bits per heavy atom. The van der Waals surface area contributed by atoms with E-state index >= 15 is 0 Å². The fourth-order valence-electron chi connectivity index (χ4n) is 1.60. The fraction of sp³-hybridized carbons (Fsp3) is 0.0714. The summed E-state index contributed by atoms with van der Waals surface area (Å²) >= 11 is 9.19. The number of rotatable bonds is 3. The molecule has 2 aromatic rings. The minimum absolute atomic E-state index is 0.304. The SMILES string of the molecule is N#Cc1ccc(NCc2cc(Cl)ccc2F)c(Br)c1. The second-order valence-corrected chi connectivity index (χ2v) is 5.19. The Labute approximate surface area is 123 Å². The molecule has 0 saturated carbocycles. The third-order valence-electron chi connectivity index (χ3n) is 2.58. The third-order valence-corrected chi connectivity index (χ3v) is 3.47. The van der Waals surface area contributed by atoms with Crippen molar-refractivity contribution < 1.29 is 4.39 Å². The molecule has 0 aromatic heterocycles. The van der Waals surface area contributed by atoms with Crippen molar-refractivity contribution in [1.82, 2.24) is 0 Å². The van der Waals surface area contributed by atoms with E-state index in [0.717, 1.165) is 10.2 Å². The van der Waals surface area contributed by atoms with Crippen LogP contribution in [0, 0.1) is 17.1 Å². The van der Waals surface area contributed by atoms with Gasteiger partial charge in [0.25, 0.3) is 0 Å². The predicted molar refractivity (Wildman–Crippen MR) is 77.6 cm³/mol. The van der Waals surface area contributed by atoms with Crippen molar-refractivity contribution in [1.29, 1.82) is 5.26 Å². The summed E-state index contributed by atoms with van der Waals surface area (Å²) in [5.41, 5.74) is 1.84. The summed E-state index contributed by atoms with van der Waals surface area (Å²) in [6.07, 6.45) is 0. The molecule has 0 atom stereocenters. The number of nitriles is 1. The van der Waals surface area contributed by atoms with Gasteiger partial charge in [0.05, 0.1) is 11.6 Å². The van der Waals surface area contributed by atoms with Gasteiger partial charge in [0.1, 0.15) is 5.82 Å². The zero-order chi connectivity index (χ0) is 13.8. The van der Waals surface area contributed by atoms with Crippen LogP contribution in [0.15, 0.2) is 40.9 Å². The van der Waals surface area contributed by atoms with Gasteiger partial charge in [-0.2, -0.15) is 5.26 Å². The number of nitrogens with zero attached hydrogens (tertiary/aromatic N) is 1. The molecule has 0 spiro atoms. The normalized spacial score (nSPS) is 10.0. The molecule has 0 aliphatic heterocycles. The van der Waals surface area contributed by atoms with Gasteiger partial charge in [-0.15, -0.1) is 0 Å². The first-order valence-electron chi connectivity index (χ1n) is 5.47. The van der Waals surface area contributed by atoms with Crippen LogP contribution >= 0.6 is 27.5 Å². The van der Waals surface area contributed by atoms with Gasteiger partial charge in [-0.1, -0.05) is 11.6 Å². The predicted octanol–water partition coefficient (Wildman–Crippen LogP) is 4.73. The third kappa shape index (κ3) is 3.46. The molecule has 0 radical (unpaired) electrons. The summed E-state index contributed by atoms with van der Waals surface area (Å²) in [4.78, 5) is 0. The summed E-state index contributed by atoms with van der Waals surface area (Å²) in [5, 5.41) is 12.4. The first kappa shape index (κ1) is 13.9. The standard InChI is InChI=1S/C14H9BrClFN2/c15-12-5-9(7-18)1-4-14(12)19-8-10-6-11(16)2-3-13(10)17/h1-6,19H,8H2. The van der Waals surface area contributed by atoms with Crippen LogP contribution in [0.4, 0.5) is 10.1 Å². The van der Waals surface area contributed by atoms with Crippen molar-refractivity contribution in [2.75, 3.05) is 5.32 Å². The van der Waals surface area contributed by atoms with Crippen molar-refractivity contribution in [2.24, 2.45) is 0 Å². The van der Waals surface area contributed by atoms with Gasteiger partial charge < -0.3 is 5.32 Å². The van der Waals surface area contributed by atoms with Crippen LogP contribution in [0.2, 0.25) is 5.02 Å². The molecule has 0 fully saturated rings. The fourth-order valence-corrected chi connectivity index (χ4v) is 2.31. The van der Waals surface area contributed by atoms with E-state index in [4.69, 9.17) is 16.9 Å². The summed E-state index contributed by atoms with van der Waals surface area (Å²) < 4.78 is 14.3. The number of hydrogen-bond acceptors (Lipinski definition) is 2. The Kier molecular flexibility index (Phi) is 4.41. The Hall–Kier alpha value is -1.57. The Bertz CT molecular complexity index is 652. The summed E-state index contributed by atoms with van der Waals surface area (Å²) in [5.74, 6) is -0.304. The van der Waals surface area contributed by atoms with E-state index < -0.39 is 0 Å². The van der Waals surface area contributed by atoms with E-state index in [1.54, 1.807) is 24.3 Å². The van der Waals surface area contributed by atoms with Gasteiger partial charge in [0.15, 0.2) is 0 Å². The molecule has 0 saturated heterocycles. The lowest BCUT2D eigenvalue weighted by atomic mass is 10.2. The first-order valence-corrected chi connectivity index (χ1v) is 6.64. The highest BCUT2D eigenvalue weighted by Crippen LogP contribution is 2.24. The molecule has 0 heterocycles. The first-order chi connectivity index (χ1) is 9.10. The highest BCUT2D eigenvalue weighted by Gasteiger charge is 2.05. The molecule has 2 nitrogen and oxygen atoms in total. The molecule has 2 aromatic carbocycles. The lowest BCUT2D eigenvalue weighted by Gasteiger charge is -2.10. The number of benzene rings is 2. The monoisotopic (exact) mass is 338 g/mol. The van der Waals surface area contributed by atoms with Crippen LogP contribution < -0.4 is 5.32 Å². The van der Waals surface area contributed by atoms with Gasteiger partial charge in [-0.3, -0.25) is 0 Å². The van der Waals surface area contributed by atoms with Gasteiger partial charge in [-0.05, 0) is 52.3 Å². The number of halogens is 3. The minimum Gasteiger partial charge on any atom is -0.380 e. The van der Waals surface area contributed by atoms with E-state index in [9.17, 15) is 4.39 Å². The number of anilines is 1. The Balaban J connectivity index is 2.15. The van der Waals surface area contributed by atoms with Crippen molar-refractivity contribution in [3.05, 3.63) is 62.8 Å². The molecular weight excluding hydrogens is 331 g/mol. The summed E-state index contributed by atoms with van der Waals surface area (Å²) in [7, 11) is 0. The topological polar surface area (TPSA) is 35.8 Å².